The molecule has 4 heteroatoms. The van der Waals surface area contributed by atoms with Gasteiger partial charge in [-0.15, -0.1) is 0 Å². The number of aliphatic hydroxyl groups is 1. The van der Waals surface area contributed by atoms with Gasteiger partial charge in [-0.25, -0.2) is 0 Å². The lowest BCUT2D eigenvalue weighted by Gasteiger charge is -2.07. The molecule has 1 aromatic rings. The van der Waals surface area contributed by atoms with E-state index >= 15 is 0 Å². The molecule has 1 heterocycles. The average molecular weight is 243 g/mol. The highest BCUT2D eigenvalue weighted by Gasteiger charge is 2.16. The van der Waals surface area contributed by atoms with Gasteiger partial charge in [-0.1, -0.05) is 20.3 Å². The summed E-state index contributed by atoms with van der Waals surface area (Å²) in [6.07, 6.45) is 2.80. The lowest BCUT2D eigenvalue weighted by Crippen LogP contribution is -2.02. The molecular weight excluding hydrogens is 226 g/mol. The van der Waals surface area contributed by atoms with Gasteiger partial charge < -0.3 is 9.67 Å². The number of hydrogen-bond acceptors (Lipinski definition) is 3. The summed E-state index contributed by atoms with van der Waals surface area (Å²) >= 11 is 0. The molecule has 1 aromatic heterocycles. The van der Waals surface area contributed by atoms with Gasteiger partial charge >= 0.3 is 0 Å². The Morgan fingerprint density at radius 2 is 1.94 bits per heavy atom. The minimum Gasteiger partial charge on any atom is -0.504 e. The van der Waals surface area contributed by atoms with E-state index in [1.54, 1.807) is 12.1 Å². The van der Waals surface area contributed by atoms with Gasteiger partial charge in [-0.05, 0) is 24.5 Å². The molecule has 0 unspecified atom stereocenters. The molecule has 0 spiro atoms. The molecule has 0 aliphatic carbocycles. The van der Waals surface area contributed by atoms with E-state index < -0.39 is 0 Å². The predicted molar refractivity (Wildman–Crippen MR) is 69.6 cm³/mol. The molecule has 0 aliphatic rings. The van der Waals surface area contributed by atoms with Gasteiger partial charge in [0.15, 0.2) is 11.3 Å². The molecule has 0 saturated heterocycles. The second-order valence-corrected chi connectivity index (χ2v) is 4.11. The Bertz CT molecular complexity index is 537. The smallest absolute Gasteiger partial charge is 0.173 e. The number of hydrogen-bond donors (Lipinski definition) is 1. The minimum atomic E-state index is -0.249. The van der Waals surface area contributed by atoms with Gasteiger partial charge in [0.25, 0.3) is 0 Å². The third kappa shape index (κ3) is 2.38. The van der Waals surface area contributed by atoms with Crippen LogP contribution in [0.2, 0.25) is 0 Å². The molecule has 1 rings (SSSR count). The largest absolute Gasteiger partial charge is 0.504 e. The Morgan fingerprint density at radius 1 is 1.33 bits per heavy atom. The molecule has 4 nitrogen and oxygen atoms in total. The maximum absolute atomic E-state index is 9.98. The molecule has 0 fully saturated rings. The van der Waals surface area contributed by atoms with Crippen molar-refractivity contribution in [2.75, 3.05) is 0 Å². The second-order valence-electron chi connectivity index (χ2n) is 4.11. The van der Waals surface area contributed by atoms with E-state index in [-0.39, 0.29) is 11.3 Å². The SMILES string of the molecule is CCCc1c(CC)cc(C(O)=C(C#N)C#N)n1C. The average Bonchev–Trinajstić information content (AvgIpc) is 2.69. The summed E-state index contributed by atoms with van der Waals surface area (Å²) in [5.41, 5.74) is 2.59. The first kappa shape index (κ1) is 13.9. The normalized spacial score (nSPS) is 9.61. The van der Waals surface area contributed by atoms with Gasteiger partial charge in [-0.2, -0.15) is 10.5 Å². The highest BCUT2D eigenvalue weighted by Crippen LogP contribution is 2.23. The van der Waals surface area contributed by atoms with E-state index in [0.717, 1.165) is 30.5 Å². The molecule has 0 atom stereocenters. The van der Waals surface area contributed by atoms with Crippen LogP contribution in [0.4, 0.5) is 0 Å². The van der Waals surface area contributed by atoms with Crippen LogP contribution in [0, 0.1) is 22.7 Å². The van der Waals surface area contributed by atoms with Crippen LogP contribution in [0.25, 0.3) is 5.76 Å². The summed E-state index contributed by atoms with van der Waals surface area (Å²) in [5, 5.41) is 27.5. The Labute approximate surface area is 107 Å². The molecule has 0 aromatic carbocycles. The molecule has 0 saturated carbocycles. The lowest BCUT2D eigenvalue weighted by molar-refractivity contribution is 0.501. The summed E-state index contributed by atoms with van der Waals surface area (Å²) in [6, 6.07) is 5.28. The van der Waals surface area contributed by atoms with Crippen molar-refractivity contribution in [1.29, 1.82) is 10.5 Å². The summed E-state index contributed by atoms with van der Waals surface area (Å²) < 4.78 is 1.87. The second kappa shape index (κ2) is 5.93. The minimum absolute atomic E-state index is 0.237. The maximum atomic E-state index is 9.98. The zero-order valence-electron chi connectivity index (χ0n) is 11.0. The van der Waals surface area contributed by atoms with Crippen LogP contribution in [0.15, 0.2) is 11.6 Å². The molecule has 94 valence electrons. The van der Waals surface area contributed by atoms with Gasteiger partial charge in [0, 0.05) is 12.7 Å². The molecule has 0 bridgehead atoms. The summed E-state index contributed by atoms with van der Waals surface area (Å²) in [4.78, 5) is 0. The fourth-order valence-electron chi connectivity index (χ4n) is 2.06. The standard InChI is InChI=1S/C14H17N3O/c1-4-6-12-10(5-2)7-13(17(12)3)14(18)11(8-15)9-16/h7,18H,4-6H2,1-3H3. The van der Waals surface area contributed by atoms with Gasteiger partial charge in [-0.3, -0.25) is 0 Å². The van der Waals surface area contributed by atoms with Crippen molar-refractivity contribution in [1.82, 2.24) is 4.57 Å². The van der Waals surface area contributed by atoms with Crippen molar-refractivity contribution in [3.8, 4) is 12.1 Å². The molecule has 0 radical (unpaired) electrons. The molecule has 0 aliphatic heterocycles. The zero-order chi connectivity index (χ0) is 13.7. The Kier molecular flexibility index (Phi) is 4.57. The van der Waals surface area contributed by atoms with Crippen LogP contribution in [0.1, 0.15) is 37.2 Å². The van der Waals surface area contributed by atoms with Crippen molar-refractivity contribution in [3.63, 3.8) is 0 Å². The van der Waals surface area contributed by atoms with Crippen molar-refractivity contribution in [2.45, 2.75) is 33.1 Å². The van der Waals surface area contributed by atoms with Gasteiger partial charge in [0.05, 0.1) is 5.69 Å². The van der Waals surface area contributed by atoms with E-state index in [2.05, 4.69) is 13.8 Å². The molecular formula is C14H17N3O. The monoisotopic (exact) mass is 243 g/mol. The Hall–Kier alpha value is -2.20. The first-order valence-electron chi connectivity index (χ1n) is 6.01. The van der Waals surface area contributed by atoms with Crippen LogP contribution in [0.5, 0.6) is 0 Å². The third-order valence-corrected chi connectivity index (χ3v) is 3.02. The van der Waals surface area contributed by atoms with E-state index in [4.69, 9.17) is 10.5 Å². The van der Waals surface area contributed by atoms with Crippen LogP contribution < -0.4 is 0 Å². The summed E-state index contributed by atoms with van der Waals surface area (Å²) in [6.45, 7) is 4.15. The van der Waals surface area contributed by atoms with Crippen molar-refractivity contribution in [2.24, 2.45) is 7.05 Å². The number of nitrogens with zero attached hydrogens (tertiary/aromatic N) is 3. The van der Waals surface area contributed by atoms with E-state index in [0.29, 0.717) is 5.69 Å². The molecule has 18 heavy (non-hydrogen) atoms. The van der Waals surface area contributed by atoms with Crippen LogP contribution >= 0.6 is 0 Å². The number of aryl methyl sites for hydroxylation is 1. The zero-order valence-corrected chi connectivity index (χ0v) is 11.0. The van der Waals surface area contributed by atoms with Crippen molar-refractivity contribution >= 4 is 5.76 Å². The number of nitriles is 2. The summed E-state index contributed by atoms with van der Waals surface area (Å²) in [5.74, 6) is -0.237. The van der Waals surface area contributed by atoms with Gasteiger partial charge in [0.1, 0.15) is 12.1 Å². The van der Waals surface area contributed by atoms with Crippen molar-refractivity contribution in [3.05, 3.63) is 28.6 Å². The first-order chi connectivity index (χ1) is 8.60. The van der Waals surface area contributed by atoms with Crippen LogP contribution in [-0.4, -0.2) is 9.67 Å². The van der Waals surface area contributed by atoms with Crippen LogP contribution in [0.3, 0.4) is 0 Å². The highest BCUT2D eigenvalue weighted by molar-refractivity contribution is 5.68. The van der Waals surface area contributed by atoms with E-state index in [1.165, 1.54) is 0 Å². The number of aliphatic hydroxyl groups excluding tert-OH is 1. The fraction of sp³-hybridized carbons (Fsp3) is 0.429. The number of rotatable bonds is 4. The third-order valence-electron chi connectivity index (χ3n) is 3.02. The van der Waals surface area contributed by atoms with E-state index in [9.17, 15) is 5.11 Å². The maximum Gasteiger partial charge on any atom is 0.173 e. The molecule has 0 amide bonds. The van der Waals surface area contributed by atoms with Crippen molar-refractivity contribution < 1.29 is 5.11 Å². The lowest BCUT2D eigenvalue weighted by atomic mass is 10.1. The van der Waals surface area contributed by atoms with E-state index in [1.807, 2.05) is 17.7 Å². The quantitative estimate of drug-likeness (QED) is 0.652. The Morgan fingerprint density at radius 3 is 2.39 bits per heavy atom. The summed E-state index contributed by atoms with van der Waals surface area (Å²) in [7, 11) is 1.85. The number of aromatic nitrogens is 1. The topological polar surface area (TPSA) is 72.7 Å². The van der Waals surface area contributed by atoms with Crippen LogP contribution in [-0.2, 0) is 19.9 Å². The predicted octanol–water partition coefficient (Wildman–Crippen LogP) is 2.86. The molecule has 1 N–H and O–H groups in total. The first-order valence-corrected chi connectivity index (χ1v) is 6.01. The fourth-order valence-corrected chi connectivity index (χ4v) is 2.06. The Balaban J connectivity index is 3.41. The highest BCUT2D eigenvalue weighted by atomic mass is 16.3. The number of allylic oxidation sites excluding steroid dienone is 1. The van der Waals surface area contributed by atoms with Gasteiger partial charge in [0.2, 0.25) is 0 Å².